The SMILES string of the molecule is COc1cc(C(=O)NCC(=O)N/N=C/c2ccc(-c3cc(Cl)ccc3Cl)o2)cc(OC)c1OC. The van der Waals surface area contributed by atoms with Gasteiger partial charge in [0.05, 0.1) is 39.1 Å². The van der Waals surface area contributed by atoms with E-state index in [0.717, 1.165) is 0 Å². The van der Waals surface area contributed by atoms with Crippen LogP contribution >= 0.6 is 23.2 Å². The predicted octanol–water partition coefficient (Wildman–Crippen LogP) is 4.16. The molecule has 2 amide bonds. The van der Waals surface area contributed by atoms with E-state index >= 15 is 0 Å². The van der Waals surface area contributed by atoms with Crippen molar-refractivity contribution in [2.45, 2.75) is 0 Å². The van der Waals surface area contributed by atoms with E-state index < -0.39 is 11.8 Å². The molecule has 2 N–H and O–H groups in total. The molecule has 2 aromatic carbocycles. The van der Waals surface area contributed by atoms with Crippen molar-refractivity contribution in [3.05, 3.63) is 63.8 Å². The van der Waals surface area contributed by atoms with E-state index in [2.05, 4.69) is 15.8 Å². The number of hydrogen-bond donors (Lipinski definition) is 2. The van der Waals surface area contributed by atoms with Gasteiger partial charge in [-0.25, -0.2) is 5.43 Å². The van der Waals surface area contributed by atoms with Gasteiger partial charge < -0.3 is 23.9 Å². The first-order chi connectivity index (χ1) is 16.4. The number of nitrogens with one attached hydrogen (secondary N) is 2. The van der Waals surface area contributed by atoms with E-state index in [1.165, 1.54) is 39.7 Å². The molecule has 0 atom stereocenters. The van der Waals surface area contributed by atoms with Gasteiger partial charge in [0, 0.05) is 16.1 Å². The van der Waals surface area contributed by atoms with Crippen molar-refractivity contribution in [2.24, 2.45) is 5.10 Å². The van der Waals surface area contributed by atoms with Crippen LogP contribution in [0.2, 0.25) is 10.0 Å². The number of hydrazone groups is 1. The largest absolute Gasteiger partial charge is 0.493 e. The summed E-state index contributed by atoms with van der Waals surface area (Å²) in [4.78, 5) is 24.5. The van der Waals surface area contributed by atoms with Gasteiger partial charge in [0.1, 0.15) is 11.5 Å². The molecule has 0 radical (unpaired) electrons. The fourth-order valence-corrected chi connectivity index (χ4v) is 3.32. The van der Waals surface area contributed by atoms with E-state index in [9.17, 15) is 9.59 Å². The van der Waals surface area contributed by atoms with Gasteiger partial charge in [-0.1, -0.05) is 23.2 Å². The van der Waals surface area contributed by atoms with Crippen LogP contribution < -0.4 is 25.0 Å². The molecule has 0 saturated carbocycles. The quantitative estimate of drug-likeness (QED) is 0.333. The molecule has 178 valence electrons. The molecular weight excluding hydrogens is 485 g/mol. The molecule has 3 aromatic rings. The van der Waals surface area contributed by atoms with E-state index in [1.54, 1.807) is 30.3 Å². The number of rotatable bonds is 9. The summed E-state index contributed by atoms with van der Waals surface area (Å²) in [6.07, 6.45) is 1.32. The number of halogens is 2. The summed E-state index contributed by atoms with van der Waals surface area (Å²) in [5.41, 5.74) is 3.17. The Kier molecular flexibility index (Phi) is 8.39. The maximum Gasteiger partial charge on any atom is 0.259 e. The van der Waals surface area contributed by atoms with Crippen LogP contribution in [-0.4, -0.2) is 45.9 Å². The minimum Gasteiger partial charge on any atom is -0.493 e. The second-order valence-electron chi connectivity index (χ2n) is 6.72. The first-order valence-corrected chi connectivity index (χ1v) is 10.6. The highest BCUT2D eigenvalue weighted by atomic mass is 35.5. The van der Waals surface area contributed by atoms with Crippen molar-refractivity contribution in [1.29, 1.82) is 0 Å². The lowest BCUT2D eigenvalue weighted by Gasteiger charge is -2.14. The zero-order valence-corrected chi connectivity index (χ0v) is 20.0. The number of nitrogens with zero attached hydrogens (tertiary/aromatic N) is 1. The molecule has 34 heavy (non-hydrogen) atoms. The molecule has 0 aliphatic carbocycles. The van der Waals surface area contributed by atoms with Crippen LogP contribution in [0.3, 0.4) is 0 Å². The standard InChI is InChI=1S/C23H21Cl2N3O6/c1-31-19-8-13(9-20(32-2)22(19)33-3)23(30)26-12-21(29)28-27-11-15-5-7-18(34-15)16-10-14(24)4-6-17(16)25/h4-11H,12H2,1-3H3,(H,26,30)(H,28,29)/b27-11+. The molecule has 0 aliphatic rings. The summed E-state index contributed by atoms with van der Waals surface area (Å²) in [5.74, 6) is 0.822. The first kappa shape index (κ1) is 24.9. The zero-order valence-electron chi connectivity index (χ0n) is 18.5. The average molecular weight is 506 g/mol. The summed E-state index contributed by atoms with van der Waals surface area (Å²) in [6.45, 7) is -0.311. The van der Waals surface area contributed by atoms with E-state index in [0.29, 0.717) is 44.4 Å². The number of carbonyl (C=O) groups is 2. The summed E-state index contributed by atoms with van der Waals surface area (Å²) in [5, 5.41) is 7.33. The van der Waals surface area contributed by atoms with E-state index in [-0.39, 0.29) is 12.1 Å². The molecule has 11 heteroatoms. The fourth-order valence-electron chi connectivity index (χ4n) is 2.94. The number of amides is 2. The van der Waals surface area contributed by atoms with Gasteiger partial charge in [0.25, 0.3) is 11.8 Å². The van der Waals surface area contributed by atoms with Crippen molar-refractivity contribution in [3.8, 4) is 28.6 Å². The molecule has 0 saturated heterocycles. The maximum atomic E-state index is 12.5. The highest BCUT2D eigenvalue weighted by Crippen LogP contribution is 2.38. The van der Waals surface area contributed by atoms with Gasteiger partial charge in [-0.15, -0.1) is 0 Å². The molecular formula is C23H21Cl2N3O6. The van der Waals surface area contributed by atoms with E-state index in [1.807, 2.05) is 0 Å². The molecule has 1 heterocycles. The van der Waals surface area contributed by atoms with Gasteiger partial charge >= 0.3 is 0 Å². The molecule has 3 rings (SSSR count). The third-order valence-electron chi connectivity index (χ3n) is 4.54. The summed E-state index contributed by atoms with van der Waals surface area (Å²) >= 11 is 12.2. The summed E-state index contributed by atoms with van der Waals surface area (Å²) in [7, 11) is 4.34. The number of ether oxygens (including phenoxy) is 3. The van der Waals surface area contributed by atoms with Crippen LogP contribution in [-0.2, 0) is 4.79 Å². The van der Waals surface area contributed by atoms with Crippen LogP contribution in [0.5, 0.6) is 17.2 Å². The Hall–Kier alpha value is -3.69. The number of benzene rings is 2. The number of furan rings is 1. The van der Waals surface area contributed by atoms with Crippen molar-refractivity contribution in [2.75, 3.05) is 27.9 Å². The second kappa shape index (κ2) is 11.4. The molecule has 9 nitrogen and oxygen atoms in total. The Labute approximate surface area is 205 Å². The van der Waals surface area contributed by atoms with Crippen molar-refractivity contribution in [3.63, 3.8) is 0 Å². The van der Waals surface area contributed by atoms with E-state index in [4.69, 9.17) is 41.8 Å². The maximum absolute atomic E-state index is 12.5. The van der Waals surface area contributed by atoms with Crippen molar-refractivity contribution < 1.29 is 28.2 Å². The van der Waals surface area contributed by atoms with Gasteiger partial charge in [-0.2, -0.15) is 5.10 Å². The van der Waals surface area contributed by atoms with Crippen LogP contribution in [0.4, 0.5) is 0 Å². The van der Waals surface area contributed by atoms with Crippen LogP contribution in [0.15, 0.2) is 52.0 Å². The Morgan fingerprint density at radius 2 is 1.71 bits per heavy atom. The third-order valence-corrected chi connectivity index (χ3v) is 5.10. The van der Waals surface area contributed by atoms with Crippen LogP contribution in [0, 0.1) is 0 Å². The number of methoxy groups -OCH3 is 3. The zero-order chi connectivity index (χ0) is 24.7. The molecule has 0 bridgehead atoms. The highest BCUT2D eigenvalue weighted by molar-refractivity contribution is 6.35. The lowest BCUT2D eigenvalue weighted by molar-refractivity contribution is -0.120. The summed E-state index contributed by atoms with van der Waals surface area (Å²) < 4.78 is 21.3. The molecule has 0 fully saturated rings. The lowest BCUT2D eigenvalue weighted by Crippen LogP contribution is -2.34. The smallest absolute Gasteiger partial charge is 0.259 e. The second-order valence-corrected chi connectivity index (χ2v) is 7.56. The summed E-state index contributed by atoms with van der Waals surface area (Å²) in [6, 6.07) is 11.4. The topological polar surface area (TPSA) is 111 Å². The molecule has 0 spiro atoms. The van der Waals surface area contributed by atoms with Gasteiger partial charge in [0.2, 0.25) is 5.75 Å². The van der Waals surface area contributed by atoms with Gasteiger partial charge in [0.15, 0.2) is 11.5 Å². The molecule has 0 aliphatic heterocycles. The minimum atomic E-state index is -0.540. The third kappa shape index (κ3) is 6.00. The average Bonchev–Trinajstić information content (AvgIpc) is 3.31. The Morgan fingerprint density at radius 1 is 1.00 bits per heavy atom. The minimum absolute atomic E-state index is 0.230. The van der Waals surface area contributed by atoms with Crippen molar-refractivity contribution >= 4 is 41.2 Å². The number of hydrogen-bond acceptors (Lipinski definition) is 7. The van der Waals surface area contributed by atoms with Crippen LogP contribution in [0.25, 0.3) is 11.3 Å². The molecule has 0 unspecified atom stereocenters. The molecule has 1 aromatic heterocycles. The Morgan fingerprint density at radius 3 is 2.35 bits per heavy atom. The monoisotopic (exact) mass is 505 g/mol. The normalized spacial score (nSPS) is 10.7. The first-order valence-electron chi connectivity index (χ1n) is 9.81. The van der Waals surface area contributed by atoms with Gasteiger partial charge in [-0.3, -0.25) is 9.59 Å². The van der Waals surface area contributed by atoms with Crippen LogP contribution in [0.1, 0.15) is 16.1 Å². The highest BCUT2D eigenvalue weighted by Gasteiger charge is 2.17. The Balaban J connectivity index is 1.56. The number of carbonyl (C=O) groups excluding carboxylic acids is 2. The van der Waals surface area contributed by atoms with Crippen molar-refractivity contribution in [1.82, 2.24) is 10.7 Å². The Bertz CT molecular complexity index is 1200. The predicted molar refractivity (Wildman–Crippen MR) is 128 cm³/mol. The fraction of sp³-hybridized carbons (Fsp3) is 0.174. The van der Waals surface area contributed by atoms with Gasteiger partial charge in [-0.05, 0) is 42.5 Å². The lowest BCUT2D eigenvalue weighted by atomic mass is 10.1.